The van der Waals surface area contributed by atoms with Crippen LogP contribution in [0.2, 0.25) is 0 Å². The standard InChI is InChI=1S/C14H24N4/c1-2-15-13-10-14(17-11-16-13)18-12-8-6-4-3-5-7-9-12/h10-12H,2-9H2,1H3,(H2,15,16,17,18). The molecule has 1 aliphatic carbocycles. The maximum Gasteiger partial charge on any atom is 0.131 e. The highest BCUT2D eigenvalue weighted by molar-refractivity contribution is 5.46. The van der Waals surface area contributed by atoms with E-state index >= 15 is 0 Å². The Morgan fingerprint density at radius 2 is 1.72 bits per heavy atom. The number of nitrogens with zero attached hydrogens (tertiary/aromatic N) is 2. The lowest BCUT2D eigenvalue weighted by molar-refractivity contribution is 0.470. The van der Waals surface area contributed by atoms with Crippen molar-refractivity contribution >= 4 is 11.6 Å². The van der Waals surface area contributed by atoms with Gasteiger partial charge in [0.25, 0.3) is 0 Å². The second kappa shape index (κ2) is 7.19. The molecule has 100 valence electrons. The predicted octanol–water partition coefficient (Wildman–Crippen LogP) is 3.43. The molecule has 0 spiro atoms. The van der Waals surface area contributed by atoms with Crippen LogP contribution in [0, 0.1) is 0 Å². The van der Waals surface area contributed by atoms with E-state index < -0.39 is 0 Å². The molecule has 1 saturated carbocycles. The molecule has 0 atom stereocenters. The minimum Gasteiger partial charge on any atom is -0.370 e. The summed E-state index contributed by atoms with van der Waals surface area (Å²) in [5, 5.41) is 6.77. The van der Waals surface area contributed by atoms with Crippen LogP contribution < -0.4 is 10.6 Å². The van der Waals surface area contributed by atoms with Crippen LogP contribution in [0.25, 0.3) is 0 Å². The van der Waals surface area contributed by atoms with Crippen LogP contribution in [-0.4, -0.2) is 22.6 Å². The van der Waals surface area contributed by atoms with Crippen molar-refractivity contribution in [3.8, 4) is 0 Å². The smallest absolute Gasteiger partial charge is 0.131 e. The van der Waals surface area contributed by atoms with E-state index in [0.29, 0.717) is 6.04 Å². The summed E-state index contributed by atoms with van der Waals surface area (Å²) in [4.78, 5) is 8.50. The monoisotopic (exact) mass is 248 g/mol. The highest BCUT2D eigenvalue weighted by Gasteiger charge is 2.11. The summed E-state index contributed by atoms with van der Waals surface area (Å²) in [5.41, 5.74) is 0. The lowest BCUT2D eigenvalue weighted by Gasteiger charge is -2.21. The molecule has 0 aliphatic heterocycles. The van der Waals surface area contributed by atoms with Crippen LogP contribution in [0.3, 0.4) is 0 Å². The van der Waals surface area contributed by atoms with Crippen LogP contribution >= 0.6 is 0 Å². The Hall–Kier alpha value is -1.32. The van der Waals surface area contributed by atoms with Gasteiger partial charge in [-0.2, -0.15) is 0 Å². The lowest BCUT2D eigenvalue weighted by Crippen LogP contribution is -2.21. The average Bonchev–Trinajstić information content (AvgIpc) is 2.33. The summed E-state index contributed by atoms with van der Waals surface area (Å²) in [5.74, 6) is 1.85. The Bertz CT molecular complexity index is 345. The first-order valence-electron chi connectivity index (χ1n) is 7.21. The van der Waals surface area contributed by atoms with Crippen molar-refractivity contribution in [2.45, 2.75) is 57.9 Å². The molecule has 0 aromatic carbocycles. The van der Waals surface area contributed by atoms with Crippen LogP contribution in [0.5, 0.6) is 0 Å². The fourth-order valence-electron chi connectivity index (χ4n) is 2.52. The van der Waals surface area contributed by atoms with E-state index in [9.17, 15) is 0 Å². The van der Waals surface area contributed by atoms with Gasteiger partial charge in [-0.15, -0.1) is 0 Å². The molecule has 1 fully saturated rings. The van der Waals surface area contributed by atoms with Crippen molar-refractivity contribution in [1.29, 1.82) is 0 Å². The van der Waals surface area contributed by atoms with Gasteiger partial charge in [-0.1, -0.05) is 32.1 Å². The van der Waals surface area contributed by atoms with Crippen molar-refractivity contribution in [3.63, 3.8) is 0 Å². The molecule has 0 radical (unpaired) electrons. The van der Waals surface area contributed by atoms with E-state index in [-0.39, 0.29) is 0 Å². The van der Waals surface area contributed by atoms with Gasteiger partial charge in [-0.25, -0.2) is 9.97 Å². The molecule has 1 aromatic rings. The van der Waals surface area contributed by atoms with E-state index in [2.05, 4.69) is 27.5 Å². The fraction of sp³-hybridized carbons (Fsp3) is 0.714. The first kappa shape index (κ1) is 13.1. The Balaban J connectivity index is 1.92. The minimum atomic E-state index is 0.578. The van der Waals surface area contributed by atoms with E-state index in [1.54, 1.807) is 6.33 Å². The zero-order valence-corrected chi connectivity index (χ0v) is 11.3. The first-order valence-corrected chi connectivity index (χ1v) is 7.21. The van der Waals surface area contributed by atoms with Gasteiger partial charge in [0.1, 0.15) is 18.0 Å². The summed E-state index contributed by atoms with van der Waals surface area (Å²) < 4.78 is 0. The normalized spacial score (nSPS) is 17.8. The van der Waals surface area contributed by atoms with Gasteiger partial charge >= 0.3 is 0 Å². The molecule has 0 amide bonds. The Labute approximate surface area is 110 Å². The number of aromatic nitrogens is 2. The van der Waals surface area contributed by atoms with Gasteiger partial charge in [-0.3, -0.25) is 0 Å². The molecular formula is C14H24N4. The molecule has 2 N–H and O–H groups in total. The number of anilines is 2. The average molecular weight is 248 g/mol. The quantitative estimate of drug-likeness (QED) is 0.857. The highest BCUT2D eigenvalue weighted by Crippen LogP contribution is 2.20. The third-order valence-electron chi connectivity index (χ3n) is 3.48. The Morgan fingerprint density at radius 3 is 2.44 bits per heavy atom. The second-order valence-corrected chi connectivity index (χ2v) is 5.01. The van der Waals surface area contributed by atoms with Gasteiger partial charge in [0.15, 0.2) is 0 Å². The predicted molar refractivity (Wildman–Crippen MR) is 75.9 cm³/mol. The Morgan fingerprint density at radius 1 is 1.06 bits per heavy atom. The van der Waals surface area contributed by atoms with Crippen molar-refractivity contribution in [1.82, 2.24) is 9.97 Å². The number of nitrogens with one attached hydrogen (secondary N) is 2. The van der Waals surface area contributed by atoms with Crippen LogP contribution in [0.1, 0.15) is 51.9 Å². The number of rotatable bonds is 4. The van der Waals surface area contributed by atoms with Crippen LogP contribution in [0.15, 0.2) is 12.4 Å². The van der Waals surface area contributed by atoms with Crippen molar-refractivity contribution in [3.05, 3.63) is 12.4 Å². The zero-order valence-electron chi connectivity index (χ0n) is 11.3. The topological polar surface area (TPSA) is 49.8 Å². The summed E-state index contributed by atoms with van der Waals surface area (Å²) in [7, 11) is 0. The summed E-state index contributed by atoms with van der Waals surface area (Å²) in [6.45, 7) is 2.96. The van der Waals surface area contributed by atoms with Gasteiger partial charge in [-0.05, 0) is 19.8 Å². The van der Waals surface area contributed by atoms with Gasteiger partial charge in [0.2, 0.25) is 0 Å². The van der Waals surface area contributed by atoms with Crippen LogP contribution in [0.4, 0.5) is 11.6 Å². The fourth-order valence-corrected chi connectivity index (χ4v) is 2.52. The molecule has 4 heteroatoms. The number of hydrogen-bond acceptors (Lipinski definition) is 4. The third-order valence-corrected chi connectivity index (χ3v) is 3.48. The third kappa shape index (κ3) is 4.17. The van der Waals surface area contributed by atoms with E-state index in [0.717, 1.165) is 18.2 Å². The van der Waals surface area contributed by atoms with E-state index in [4.69, 9.17) is 0 Å². The maximum absolute atomic E-state index is 4.31. The second-order valence-electron chi connectivity index (χ2n) is 5.01. The molecule has 1 aromatic heterocycles. The van der Waals surface area contributed by atoms with Gasteiger partial charge in [0.05, 0.1) is 0 Å². The first-order chi connectivity index (χ1) is 8.88. The molecule has 2 rings (SSSR count). The summed E-state index contributed by atoms with van der Waals surface area (Å²) in [6.07, 6.45) is 11.0. The minimum absolute atomic E-state index is 0.578. The van der Waals surface area contributed by atoms with Crippen LogP contribution in [-0.2, 0) is 0 Å². The number of hydrogen-bond donors (Lipinski definition) is 2. The summed E-state index contributed by atoms with van der Waals surface area (Å²) in [6, 6.07) is 2.58. The molecule has 0 bridgehead atoms. The molecule has 1 heterocycles. The van der Waals surface area contributed by atoms with Crippen molar-refractivity contribution in [2.75, 3.05) is 17.2 Å². The van der Waals surface area contributed by atoms with Crippen molar-refractivity contribution < 1.29 is 0 Å². The molecule has 0 saturated heterocycles. The molecule has 1 aliphatic rings. The lowest BCUT2D eigenvalue weighted by atomic mass is 9.97. The maximum atomic E-state index is 4.31. The Kier molecular flexibility index (Phi) is 5.24. The SMILES string of the molecule is CCNc1cc(NC2CCCCCCC2)ncn1. The highest BCUT2D eigenvalue weighted by atomic mass is 15.1. The summed E-state index contributed by atoms with van der Waals surface area (Å²) >= 11 is 0. The molecular weight excluding hydrogens is 224 g/mol. The van der Waals surface area contributed by atoms with E-state index in [1.807, 2.05) is 6.07 Å². The molecule has 18 heavy (non-hydrogen) atoms. The van der Waals surface area contributed by atoms with Gasteiger partial charge < -0.3 is 10.6 Å². The van der Waals surface area contributed by atoms with Gasteiger partial charge in [0, 0.05) is 18.7 Å². The molecule has 0 unspecified atom stereocenters. The zero-order chi connectivity index (χ0) is 12.6. The largest absolute Gasteiger partial charge is 0.370 e. The molecule has 4 nitrogen and oxygen atoms in total. The van der Waals surface area contributed by atoms with E-state index in [1.165, 1.54) is 44.9 Å². The van der Waals surface area contributed by atoms with Crippen molar-refractivity contribution in [2.24, 2.45) is 0 Å².